The van der Waals surface area contributed by atoms with E-state index in [2.05, 4.69) is 20.5 Å². The number of hydrogen-bond donors (Lipinski definition) is 2. The topological polar surface area (TPSA) is 75.2 Å². The maximum Gasteiger partial charge on any atom is 0.338 e. The average Bonchev–Trinajstić information content (AvgIpc) is 2.67. The summed E-state index contributed by atoms with van der Waals surface area (Å²) in [6, 6.07) is 7.38. The molecule has 152 valence electrons. The third-order valence-corrected chi connectivity index (χ3v) is 4.05. The lowest BCUT2D eigenvalue weighted by molar-refractivity contribution is 0.0389. The van der Waals surface area contributed by atoms with Crippen molar-refractivity contribution >= 4 is 35.9 Å². The summed E-state index contributed by atoms with van der Waals surface area (Å²) < 4.78 is 10.4. The summed E-state index contributed by atoms with van der Waals surface area (Å²) in [5.41, 5.74) is 1.61. The molecular weight excluding hydrogens is 459 g/mol. The second-order valence-corrected chi connectivity index (χ2v) is 5.99. The molecule has 0 amide bonds. The fourth-order valence-electron chi connectivity index (χ4n) is 2.63. The first kappa shape index (κ1) is 23.6. The van der Waals surface area contributed by atoms with Crippen LogP contribution in [0.4, 0.5) is 0 Å². The molecule has 2 N–H and O–H groups in total. The Bertz CT molecular complexity index is 575. The van der Waals surface area contributed by atoms with E-state index in [1.54, 1.807) is 19.1 Å². The molecule has 1 aliphatic heterocycles. The zero-order chi connectivity index (χ0) is 18.6. The number of esters is 1. The Balaban J connectivity index is 0.00000364. The molecule has 0 aromatic heterocycles. The van der Waals surface area contributed by atoms with E-state index in [4.69, 9.17) is 9.47 Å². The van der Waals surface area contributed by atoms with Crippen LogP contribution in [0.5, 0.6) is 0 Å². The number of rotatable bonds is 8. The van der Waals surface area contributed by atoms with E-state index in [0.29, 0.717) is 18.7 Å². The Morgan fingerprint density at radius 2 is 1.89 bits per heavy atom. The van der Waals surface area contributed by atoms with Crippen LogP contribution in [0.25, 0.3) is 0 Å². The van der Waals surface area contributed by atoms with Crippen LogP contribution in [0.2, 0.25) is 0 Å². The highest BCUT2D eigenvalue weighted by Gasteiger charge is 2.09. The Morgan fingerprint density at radius 3 is 2.52 bits per heavy atom. The number of nitrogens with zero attached hydrogens (tertiary/aromatic N) is 2. The molecule has 0 saturated carbocycles. The van der Waals surface area contributed by atoms with E-state index in [9.17, 15) is 4.79 Å². The number of hydrogen-bond acceptors (Lipinski definition) is 5. The molecule has 0 unspecified atom stereocenters. The van der Waals surface area contributed by atoms with E-state index in [1.165, 1.54) is 0 Å². The van der Waals surface area contributed by atoms with E-state index in [-0.39, 0.29) is 29.9 Å². The fraction of sp³-hybridized carbons (Fsp3) is 0.579. The maximum absolute atomic E-state index is 11.7. The summed E-state index contributed by atoms with van der Waals surface area (Å²) in [7, 11) is 0. The normalized spacial score (nSPS) is 15.0. The Labute approximate surface area is 178 Å². The van der Waals surface area contributed by atoms with Gasteiger partial charge in [-0.15, -0.1) is 24.0 Å². The van der Waals surface area contributed by atoms with Gasteiger partial charge in [-0.05, 0) is 31.5 Å². The molecule has 0 aliphatic carbocycles. The summed E-state index contributed by atoms with van der Waals surface area (Å²) in [6.45, 7) is 11.0. The SMILES string of the molecule is CCNC(=NCc1ccc(C(=O)OCC)cc1)NCCN1CCOCC1.I. The molecule has 0 atom stereocenters. The summed E-state index contributed by atoms with van der Waals surface area (Å²) in [6.07, 6.45) is 0. The number of ether oxygens (including phenoxy) is 2. The fourth-order valence-corrected chi connectivity index (χ4v) is 2.63. The van der Waals surface area contributed by atoms with Gasteiger partial charge in [-0.25, -0.2) is 9.79 Å². The van der Waals surface area contributed by atoms with E-state index in [1.807, 2.05) is 19.1 Å². The number of halogens is 1. The van der Waals surface area contributed by atoms with E-state index < -0.39 is 0 Å². The highest BCUT2D eigenvalue weighted by Crippen LogP contribution is 2.07. The summed E-state index contributed by atoms with van der Waals surface area (Å²) >= 11 is 0. The van der Waals surface area contributed by atoms with Crippen LogP contribution in [0.3, 0.4) is 0 Å². The van der Waals surface area contributed by atoms with Crippen LogP contribution in [-0.2, 0) is 16.0 Å². The van der Waals surface area contributed by atoms with Crippen LogP contribution >= 0.6 is 24.0 Å². The molecule has 8 heteroatoms. The number of carbonyl (C=O) groups excluding carboxylic acids is 1. The average molecular weight is 490 g/mol. The van der Waals surface area contributed by atoms with Crippen LogP contribution in [0.15, 0.2) is 29.3 Å². The highest BCUT2D eigenvalue weighted by molar-refractivity contribution is 14.0. The second kappa shape index (κ2) is 13.7. The molecule has 1 aromatic rings. The Morgan fingerprint density at radius 1 is 1.19 bits per heavy atom. The lowest BCUT2D eigenvalue weighted by atomic mass is 10.1. The van der Waals surface area contributed by atoms with Crippen LogP contribution in [0.1, 0.15) is 29.8 Å². The van der Waals surface area contributed by atoms with Crippen LogP contribution in [0, 0.1) is 0 Å². The monoisotopic (exact) mass is 490 g/mol. The van der Waals surface area contributed by atoms with Crippen molar-refractivity contribution in [3.8, 4) is 0 Å². The van der Waals surface area contributed by atoms with E-state index >= 15 is 0 Å². The van der Waals surface area contributed by atoms with Gasteiger partial charge in [0, 0.05) is 32.7 Å². The van der Waals surface area contributed by atoms with Crippen molar-refractivity contribution in [2.45, 2.75) is 20.4 Å². The van der Waals surface area contributed by atoms with Crippen molar-refractivity contribution in [3.63, 3.8) is 0 Å². The third kappa shape index (κ3) is 8.89. The van der Waals surface area contributed by atoms with Gasteiger partial charge in [0.05, 0.1) is 31.9 Å². The van der Waals surface area contributed by atoms with Gasteiger partial charge in [0.25, 0.3) is 0 Å². The first-order chi connectivity index (χ1) is 12.7. The molecule has 1 heterocycles. The van der Waals surface area contributed by atoms with Gasteiger partial charge < -0.3 is 20.1 Å². The number of nitrogens with one attached hydrogen (secondary N) is 2. The minimum Gasteiger partial charge on any atom is -0.462 e. The van der Waals surface area contributed by atoms with Gasteiger partial charge in [0.2, 0.25) is 0 Å². The van der Waals surface area contributed by atoms with Crippen molar-refractivity contribution in [2.24, 2.45) is 4.99 Å². The predicted molar refractivity (Wildman–Crippen MR) is 118 cm³/mol. The minimum atomic E-state index is -0.291. The van der Waals surface area contributed by atoms with Crippen molar-refractivity contribution in [2.75, 3.05) is 52.5 Å². The Hall–Kier alpha value is -1.39. The number of aliphatic imine (C=N–C) groups is 1. The second-order valence-electron chi connectivity index (χ2n) is 5.99. The van der Waals surface area contributed by atoms with Gasteiger partial charge in [-0.2, -0.15) is 0 Å². The maximum atomic E-state index is 11.7. The van der Waals surface area contributed by atoms with Crippen LogP contribution in [-0.4, -0.2) is 69.4 Å². The molecule has 0 spiro atoms. The van der Waals surface area contributed by atoms with Crippen molar-refractivity contribution < 1.29 is 14.3 Å². The first-order valence-electron chi connectivity index (χ1n) is 9.31. The summed E-state index contributed by atoms with van der Waals surface area (Å²) in [4.78, 5) is 18.7. The van der Waals surface area contributed by atoms with Gasteiger partial charge in [-0.1, -0.05) is 12.1 Å². The first-order valence-corrected chi connectivity index (χ1v) is 9.31. The number of carbonyl (C=O) groups is 1. The number of guanidine groups is 1. The molecule has 0 radical (unpaired) electrons. The van der Waals surface area contributed by atoms with Crippen molar-refractivity contribution in [1.29, 1.82) is 0 Å². The van der Waals surface area contributed by atoms with Crippen LogP contribution < -0.4 is 10.6 Å². The van der Waals surface area contributed by atoms with E-state index in [0.717, 1.165) is 57.5 Å². The van der Waals surface area contributed by atoms with Gasteiger partial charge in [-0.3, -0.25) is 4.90 Å². The summed E-state index contributed by atoms with van der Waals surface area (Å²) in [5, 5.41) is 6.63. The third-order valence-electron chi connectivity index (χ3n) is 4.05. The molecular formula is C19H31IN4O3. The van der Waals surface area contributed by atoms with Gasteiger partial charge in [0.15, 0.2) is 5.96 Å². The standard InChI is InChI=1S/C19H30N4O3.HI/c1-3-20-19(21-9-10-23-11-13-25-14-12-23)22-15-16-5-7-17(8-6-16)18(24)26-4-2;/h5-8H,3-4,9-15H2,1-2H3,(H2,20,21,22);1H. The van der Waals surface area contributed by atoms with Crippen molar-refractivity contribution in [3.05, 3.63) is 35.4 Å². The number of benzene rings is 1. The van der Waals surface area contributed by atoms with Gasteiger partial charge in [0.1, 0.15) is 0 Å². The Kier molecular flexibility index (Phi) is 12.0. The van der Waals surface area contributed by atoms with Gasteiger partial charge >= 0.3 is 5.97 Å². The zero-order valence-corrected chi connectivity index (χ0v) is 18.5. The lowest BCUT2D eigenvalue weighted by Crippen LogP contribution is -2.44. The molecule has 27 heavy (non-hydrogen) atoms. The highest BCUT2D eigenvalue weighted by atomic mass is 127. The molecule has 1 aliphatic rings. The zero-order valence-electron chi connectivity index (χ0n) is 16.2. The molecule has 0 bridgehead atoms. The smallest absolute Gasteiger partial charge is 0.338 e. The molecule has 1 fully saturated rings. The minimum absolute atomic E-state index is 0. The van der Waals surface area contributed by atoms with Crippen molar-refractivity contribution in [1.82, 2.24) is 15.5 Å². The molecule has 1 saturated heterocycles. The predicted octanol–water partition coefficient (Wildman–Crippen LogP) is 1.87. The molecule has 2 rings (SSSR count). The largest absolute Gasteiger partial charge is 0.462 e. The number of morpholine rings is 1. The molecule has 7 nitrogen and oxygen atoms in total. The lowest BCUT2D eigenvalue weighted by Gasteiger charge is -2.26. The quantitative estimate of drug-likeness (QED) is 0.251. The summed E-state index contributed by atoms with van der Waals surface area (Å²) in [5.74, 6) is 0.510. The molecule has 1 aromatic carbocycles.